The summed E-state index contributed by atoms with van der Waals surface area (Å²) in [4.78, 5) is 28.9. The number of carboxylic acids is 1. The van der Waals surface area contributed by atoms with E-state index < -0.39 is 29.6 Å². The van der Waals surface area contributed by atoms with E-state index in [1.807, 2.05) is 39.0 Å². The van der Waals surface area contributed by atoms with Crippen molar-refractivity contribution in [3.05, 3.63) is 29.3 Å². The van der Waals surface area contributed by atoms with Crippen molar-refractivity contribution in [1.29, 1.82) is 0 Å². The fraction of sp³-hybridized carbons (Fsp3) is 0.667. The predicted octanol–water partition coefficient (Wildman–Crippen LogP) is 3.45. The molecule has 36 heavy (non-hydrogen) atoms. The summed E-state index contributed by atoms with van der Waals surface area (Å²) >= 11 is 0. The van der Waals surface area contributed by atoms with Crippen LogP contribution < -0.4 is 15.0 Å². The van der Waals surface area contributed by atoms with Crippen LogP contribution in [0.5, 0.6) is 11.5 Å². The Balaban J connectivity index is 3.22. The lowest BCUT2D eigenvalue weighted by atomic mass is 9.81. The molecule has 204 valence electrons. The number of carboxylic acid groups (broad SMARTS) is 1. The third-order valence-electron chi connectivity index (χ3n) is 5.94. The Morgan fingerprint density at radius 2 is 1.78 bits per heavy atom. The van der Waals surface area contributed by atoms with Crippen molar-refractivity contribution in [2.75, 3.05) is 27.4 Å². The molecular formula is C27H43NO8. The van der Waals surface area contributed by atoms with Gasteiger partial charge in [0.15, 0.2) is 11.5 Å². The Morgan fingerprint density at radius 3 is 2.28 bits per heavy atom. The van der Waals surface area contributed by atoms with Gasteiger partial charge in [-0.1, -0.05) is 19.9 Å². The number of hydrogen-bond donors (Lipinski definition) is 3. The highest BCUT2D eigenvalue weighted by Gasteiger charge is 2.34. The second kappa shape index (κ2) is 15.0. The van der Waals surface area contributed by atoms with E-state index in [9.17, 15) is 19.8 Å². The highest BCUT2D eigenvalue weighted by molar-refractivity contribution is 5.77. The highest BCUT2D eigenvalue weighted by atomic mass is 16.7. The van der Waals surface area contributed by atoms with Gasteiger partial charge < -0.3 is 24.4 Å². The first-order valence-electron chi connectivity index (χ1n) is 12.2. The van der Waals surface area contributed by atoms with Gasteiger partial charge in [0.25, 0.3) is 0 Å². The molecule has 0 bridgehead atoms. The molecular weight excluding hydrogens is 466 g/mol. The van der Waals surface area contributed by atoms with E-state index in [4.69, 9.17) is 19.0 Å². The zero-order valence-corrected chi connectivity index (χ0v) is 22.8. The summed E-state index contributed by atoms with van der Waals surface area (Å²) in [6.07, 6.45) is -0.323. The van der Waals surface area contributed by atoms with Crippen LogP contribution >= 0.6 is 0 Å². The molecule has 0 saturated heterocycles. The largest absolute Gasteiger partial charge is 0.493 e. The molecule has 1 aromatic carbocycles. The number of ether oxygens (including phenoxy) is 3. The topological polar surface area (TPSA) is 124 Å². The molecule has 0 saturated carbocycles. The summed E-state index contributed by atoms with van der Waals surface area (Å²) in [6.45, 7) is 11.9. The van der Waals surface area contributed by atoms with E-state index in [-0.39, 0.29) is 17.4 Å². The lowest BCUT2D eigenvalue weighted by Gasteiger charge is -2.33. The summed E-state index contributed by atoms with van der Waals surface area (Å²) in [5.74, 6) is 0.759. The van der Waals surface area contributed by atoms with Gasteiger partial charge >= 0.3 is 5.97 Å². The first kappa shape index (κ1) is 31.6. The average molecular weight is 510 g/mol. The van der Waals surface area contributed by atoms with E-state index in [0.717, 1.165) is 5.56 Å². The Hall–Kier alpha value is -2.42. The fourth-order valence-corrected chi connectivity index (χ4v) is 3.66. The van der Waals surface area contributed by atoms with E-state index in [2.05, 4.69) is 19.3 Å². The second-order valence-corrected chi connectivity index (χ2v) is 10.3. The number of benzene rings is 1. The molecule has 0 radical (unpaired) electrons. The third-order valence-corrected chi connectivity index (χ3v) is 5.94. The minimum absolute atomic E-state index is 0.0500. The van der Waals surface area contributed by atoms with Gasteiger partial charge in [0.2, 0.25) is 0 Å². The Morgan fingerprint density at radius 1 is 1.11 bits per heavy atom. The van der Waals surface area contributed by atoms with Crippen LogP contribution in [-0.4, -0.2) is 67.3 Å². The number of rotatable bonds is 16. The maximum absolute atomic E-state index is 11.6. The van der Waals surface area contributed by atoms with Crippen molar-refractivity contribution in [3.8, 4) is 11.5 Å². The monoisotopic (exact) mass is 509 g/mol. The first-order valence-corrected chi connectivity index (χ1v) is 12.2. The lowest BCUT2D eigenvalue weighted by molar-refractivity contribution is -0.140. The quantitative estimate of drug-likeness (QED) is 0.175. The molecule has 0 unspecified atom stereocenters. The first-order chi connectivity index (χ1) is 16.8. The molecule has 0 aromatic heterocycles. The number of aliphatic hydroxyl groups excluding tert-OH is 1. The number of nitrogens with one attached hydrogen (secondary N) is 1. The van der Waals surface area contributed by atoms with E-state index in [1.54, 1.807) is 20.2 Å². The Labute approximate surface area is 214 Å². The Bertz CT molecular complexity index is 873. The van der Waals surface area contributed by atoms with Crippen LogP contribution in [0.15, 0.2) is 23.8 Å². The van der Waals surface area contributed by atoms with Gasteiger partial charge in [-0.05, 0) is 70.1 Å². The normalized spacial score (nSPS) is 15.1. The minimum Gasteiger partial charge on any atom is -0.493 e. The van der Waals surface area contributed by atoms with Crippen molar-refractivity contribution in [3.63, 3.8) is 0 Å². The Kier molecular flexibility index (Phi) is 13.1. The van der Waals surface area contributed by atoms with Gasteiger partial charge in [-0.2, -0.15) is 5.48 Å². The number of methoxy groups -OCH3 is 2. The molecule has 4 atom stereocenters. The van der Waals surface area contributed by atoms with Gasteiger partial charge in [-0.25, -0.2) is 4.79 Å². The van der Waals surface area contributed by atoms with Crippen LogP contribution in [0.1, 0.15) is 53.5 Å². The highest BCUT2D eigenvalue weighted by Crippen LogP contribution is 2.32. The lowest BCUT2D eigenvalue weighted by Crippen LogP contribution is -2.47. The summed E-state index contributed by atoms with van der Waals surface area (Å²) in [7, 11) is 3.19. The second-order valence-electron chi connectivity index (χ2n) is 10.3. The summed E-state index contributed by atoms with van der Waals surface area (Å²) in [5, 5.41) is 20.5. The molecule has 3 N–H and O–H groups in total. The number of hydroxylamine groups is 1. The van der Waals surface area contributed by atoms with E-state index in [0.29, 0.717) is 37.6 Å². The van der Waals surface area contributed by atoms with Crippen molar-refractivity contribution < 1.29 is 38.9 Å². The third kappa shape index (κ3) is 10.3. The van der Waals surface area contributed by atoms with Gasteiger partial charge in [-0.15, -0.1) is 0 Å². The zero-order chi connectivity index (χ0) is 27.5. The number of aliphatic hydroxyl groups is 1. The molecule has 0 heterocycles. The smallest absolute Gasteiger partial charge is 0.311 e. The number of carbonyl (C=O) groups is 1. The number of aliphatic carboxylic acids is 1. The van der Waals surface area contributed by atoms with Crippen molar-refractivity contribution in [2.24, 2.45) is 17.8 Å². The van der Waals surface area contributed by atoms with Gasteiger partial charge in [-0.3, -0.25) is 9.63 Å². The molecule has 9 heteroatoms. The molecule has 0 spiro atoms. The summed E-state index contributed by atoms with van der Waals surface area (Å²) < 4.78 is 16.3. The SMILES string of the molecule is COCCOc1cc(C[C@@H](C[C@H](NOC(C)(C)C)[C@@H](O)C(=C=O)[C@@H](C)C(=O)O)C(C)C)ccc1OC. The number of hydrogen-bond acceptors (Lipinski definition) is 8. The van der Waals surface area contributed by atoms with Gasteiger partial charge in [0.1, 0.15) is 18.7 Å². The van der Waals surface area contributed by atoms with Crippen LogP contribution in [0.2, 0.25) is 0 Å². The standard InChI is InChI=1S/C27H43NO8/c1-17(2)20(13-19-9-10-23(34-8)24(14-19)35-12-11-33-7)15-22(28-36-27(4,5)6)25(30)21(16-29)18(3)26(31)32/h9-10,14,17-18,20,22,25,28,30H,11-13,15H2,1-8H3,(H,31,32)/t18-,20+,22+,25+/m1/s1. The predicted molar refractivity (Wildman–Crippen MR) is 137 cm³/mol. The van der Waals surface area contributed by atoms with Crippen LogP contribution in [0, 0.1) is 17.8 Å². The van der Waals surface area contributed by atoms with Crippen LogP contribution in [0.25, 0.3) is 0 Å². The van der Waals surface area contributed by atoms with Crippen molar-refractivity contribution in [1.82, 2.24) is 5.48 Å². The average Bonchev–Trinajstić information content (AvgIpc) is 2.80. The van der Waals surface area contributed by atoms with Crippen LogP contribution in [-0.2, 0) is 25.6 Å². The van der Waals surface area contributed by atoms with Crippen molar-refractivity contribution >= 4 is 11.9 Å². The molecule has 0 aliphatic rings. The van der Waals surface area contributed by atoms with E-state index >= 15 is 0 Å². The molecule has 1 rings (SSSR count). The van der Waals surface area contributed by atoms with E-state index in [1.165, 1.54) is 6.92 Å². The van der Waals surface area contributed by atoms with Gasteiger partial charge in [0.05, 0.1) is 36.9 Å². The zero-order valence-electron chi connectivity index (χ0n) is 22.8. The maximum atomic E-state index is 11.6. The van der Waals surface area contributed by atoms with Gasteiger partial charge in [0, 0.05) is 7.11 Å². The molecule has 9 nitrogen and oxygen atoms in total. The molecule has 0 fully saturated rings. The maximum Gasteiger partial charge on any atom is 0.311 e. The van der Waals surface area contributed by atoms with Crippen LogP contribution in [0.4, 0.5) is 0 Å². The summed E-state index contributed by atoms with van der Waals surface area (Å²) in [5.41, 5.74) is 3.12. The van der Waals surface area contributed by atoms with Crippen molar-refractivity contribution in [2.45, 2.75) is 72.1 Å². The fourth-order valence-electron chi connectivity index (χ4n) is 3.66. The molecule has 0 amide bonds. The molecule has 0 aliphatic heterocycles. The molecule has 0 aliphatic carbocycles. The number of carbonyl (C=O) groups excluding carboxylic acids is 1. The summed E-state index contributed by atoms with van der Waals surface area (Å²) in [6, 6.07) is 5.01. The molecule has 1 aromatic rings. The minimum atomic E-state index is -1.39. The van der Waals surface area contributed by atoms with Crippen LogP contribution in [0.3, 0.4) is 0 Å².